The van der Waals surface area contributed by atoms with E-state index in [0.717, 1.165) is 25.1 Å². The molecule has 1 aromatic rings. The van der Waals surface area contributed by atoms with Gasteiger partial charge in [-0.3, -0.25) is 0 Å². The molecule has 3 rings (SSSR count). The minimum Gasteiger partial charge on any atom is -0.315 e. The summed E-state index contributed by atoms with van der Waals surface area (Å²) < 4.78 is 27.0. The van der Waals surface area contributed by atoms with Gasteiger partial charge >= 0.3 is 0 Å². The van der Waals surface area contributed by atoms with Crippen molar-refractivity contribution < 1.29 is 8.42 Å². The van der Waals surface area contributed by atoms with Crippen molar-refractivity contribution in [3.63, 3.8) is 0 Å². The van der Waals surface area contributed by atoms with Gasteiger partial charge in [0.05, 0.1) is 17.4 Å². The molecule has 0 aromatic heterocycles. The lowest BCUT2D eigenvalue weighted by atomic mass is 10.1. The molecule has 2 heterocycles. The minimum atomic E-state index is -3.41. The Balaban J connectivity index is 1.86. The molecule has 0 unspecified atom stereocenters. The van der Waals surface area contributed by atoms with Gasteiger partial charge in [0.15, 0.2) is 0 Å². The molecule has 0 amide bonds. The third-order valence-corrected chi connectivity index (χ3v) is 6.15. The van der Waals surface area contributed by atoms with Gasteiger partial charge in [-0.2, -0.15) is 9.57 Å². The number of sulfonamides is 1. The Bertz CT molecular complexity index is 633. The van der Waals surface area contributed by atoms with Crippen LogP contribution < -0.4 is 5.32 Å². The molecule has 0 bridgehead atoms. The van der Waals surface area contributed by atoms with Crippen LogP contribution in [0.2, 0.25) is 0 Å². The van der Waals surface area contributed by atoms with E-state index in [2.05, 4.69) is 11.4 Å². The Morgan fingerprint density at radius 2 is 2.05 bits per heavy atom. The maximum Gasteiger partial charge on any atom is 0.243 e. The maximum atomic E-state index is 12.7. The summed E-state index contributed by atoms with van der Waals surface area (Å²) in [5.74, 6) is 0.447. The number of nitriles is 1. The SMILES string of the molecule is N#CCc1ccc(S(=O)(=O)N2CC[C@H]3CNC[C@H]32)cc1. The topological polar surface area (TPSA) is 73.2 Å². The normalized spacial score (nSPS) is 26.4. The van der Waals surface area contributed by atoms with Gasteiger partial charge in [-0.15, -0.1) is 0 Å². The van der Waals surface area contributed by atoms with E-state index in [-0.39, 0.29) is 6.04 Å². The van der Waals surface area contributed by atoms with Crippen molar-refractivity contribution in [3.05, 3.63) is 29.8 Å². The number of fused-ring (bicyclic) bond motifs is 1. The zero-order chi connectivity index (χ0) is 14.2. The predicted octanol–water partition coefficient (Wildman–Crippen LogP) is 0.735. The highest BCUT2D eigenvalue weighted by molar-refractivity contribution is 7.89. The number of hydrogen-bond acceptors (Lipinski definition) is 4. The minimum absolute atomic E-state index is 0.0961. The van der Waals surface area contributed by atoms with Gasteiger partial charge in [-0.05, 0) is 36.6 Å². The lowest BCUT2D eigenvalue weighted by Crippen LogP contribution is -2.38. The Morgan fingerprint density at radius 3 is 2.75 bits per heavy atom. The first-order valence-electron chi connectivity index (χ1n) is 6.81. The van der Waals surface area contributed by atoms with E-state index in [0.29, 0.717) is 23.8 Å². The predicted molar refractivity (Wildman–Crippen MR) is 74.4 cm³/mol. The Morgan fingerprint density at radius 1 is 1.30 bits per heavy atom. The highest BCUT2D eigenvalue weighted by atomic mass is 32.2. The number of nitrogens with zero attached hydrogens (tertiary/aromatic N) is 2. The zero-order valence-corrected chi connectivity index (χ0v) is 11.9. The molecule has 2 saturated heterocycles. The van der Waals surface area contributed by atoms with Crippen LogP contribution >= 0.6 is 0 Å². The molecule has 0 aliphatic carbocycles. The summed E-state index contributed by atoms with van der Waals surface area (Å²) in [6.45, 7) is 2.27. The highest BCUT2D eigenvalue weighted by Crippen LogP contribution is 2.32. The van der Waals surface area contributed by atoms with Gasteiger partial charge in [0.25, 0.3) is 0 Å². The zero-order valence-electron chi connectivity index (χ0n) is 11.1. The van der Waals surface area contributed by atoms with Crippen LogP contribution in [0.4, 0.5) is 0 Å². The molecule has 2 fully saturated rings. The summed E-state index contributed by atoms with van der Waals surface area (Å²) in [5.41, 5.74) is 0.841. The molecule has 6 heteroatoms. The van der Waals surface area contributed by atoms with E-state index >= 15 is 0 Å². The second kappa shape index (κ2) is 5.17. The average Bonchev–Trinajstić information content (AvgIpc) is 3.01. The van der Waals surface area contributed by atoms with Crippen LogP contribution in [0.3, 0.4) is 0 Å². The van der Waals surface area contributed by atoms with Crippen LogP contribution in [0, 0.1) is 17.2 Å². The first-order chi connectivity index (χ1) is 9.63. The Hall–Kier alpha value is -1.42. The van der Waals surface area contributed by atoms with Crippen molar-refractivity contribution in [1.82, 2.24) is 9.62 Å². The molecule has 1 N–H and O–H groups in total. The molecule has 106 valence electrons. The van der Waals surface area contributed by atoms with Gasteiger partial charge < -0.3 is 5.32 Å². The van der Waals surface area contributed by atoms with Crippen LogP contribution in [0.15, 0.2) is 29.2 Å². The quantitative estimate of drug-likeness (QED) is 0.891. The molecule has 2 aliphatic heterocycles. The van der Waals surface area contributed by atoms with Gasteiger partial charge in [0, 0.05) is 19.1 Å². The maximum absolute atomic E-state index is 12.7. The molecular formula is C14H17N3O2S. The van der Waals surface area contributed by atoms with E-state index in [1.165, 1.54) is 0 Å². The fourth-order valence-corrected chi connectivity index (χ4v) is 4.81. The smallest absolute Gasteiger partial charge is 0.243 e. The third-order valence-electron chi connectivity index (χ3n) is 4.21. The molecule has 2 atom stereocenters. The van der Waals surface area contributed by atoms with Crippen molar-refractivity contribution in [1.29, 1.82) is 5.26 Å². The number of nitrogens with one attached hydrogen (secondary N) is 1. The van der Waals surface area contributed by atoms with E-state index in [9.17, 15) is 8.42 Å². The van der Waals surface area contributed by atoms with E-state index in [1.54, 1.807) is 28.6 Å². The van der Waals surface area contributed by atoms with Crippen molar-refractivity contribution in [2.24, 2.45) is 5.92 Å². The molecule has 20 heavy (non-hydrogen) atoms. The van der Waals surface area contributed by atoms with Gasteiger partial charge in [-0.25, -0.2) is 8.42 Å². The lowest BCUT2D eigenvalue weighted by molar-refractivity contribution is 0.383. The molecule has 0 radical (unpaired) electrons. The fraction of sp³-hybridized carbons (Fsp3) is 0.500. The van der Waals surface area contributed by atoms with E-state index in [4.69, 9.17) is 5.26 Å². The third kappa shape index (κ3) is 2.22. The van der Waals surface area contributed by atoms with Crippen molar-refractivity contribution >= 4 is 10.0 Å². The summed E-state index contributed by atoms with van der Waals surface area (Å²) in [6, 6.07) is 8.81. The first kappa shape index (κ1) is 13.6. The van der Waals surface area contributed by atoms with E-state index < -0.39 is 10.0 Å². The fourth-order valence-electron chi connectivity index (χ4n) is 3.11. The molecule has 0 spiro atoms. The Labute approximate surface area is 119 Å². The van der Waals surface area contributed by atoms with Crippen LogP contribution in [0.25, 0.3) is 0 Å². The number of rotatable bonds is 3. The lowest BCUT2D eigenvalue weighted by Gasteiger charge is -2.22. The monoisotopic (exact) mass is 291 g/mol. The van der Waals surface area contributed by atoms with Crippen molar-refractivity contribution in [2.45, 2.75) is 23.8 Å². The molecular weight excluding hydrogens is 274 g/mol. The summed E-state index contributed by atoms with van der Waals surface area (Å²) in [4.78, 5) is 0.326. The van der Waals surface area contributed by atoms with Gasteiger partial charge in [0.2, 0.25) is 10.0 Å². The summed E-state index contributed by atoms with van der Waals surface area (Å²) in [5, 5.41) is 11.9. The first-order valence-corrected chi connectivity index (χ1v) is 8.25. The van der Waals surface area contributed by atoms with Crippen molar-refractivity contribution in [3.8, 4) is 6.07 Å². The second-order valence-electron chi connectivity index (χ2n) is 5.37. The number of benzene rings is 1. The summed E-state index contributed by atoms with van der Waals surface area (Å²) in [6.07, 6.45) is 1.24. The summed E-state index contributed by atoms with van der Waals surface area (Å²) >= 11 is 0. The highest BCUT2D eigenvalue weighted by Gasteiger charge is 2.43. The standard InChI is InChI=1S/C14H17N3O2S/c15-7-5-11-1-3-13(4-2-11)20(18,19)17-8-6-12-9-16-10-14(12)17/h1-4,12,14,16H,5-6,8-10H2/t12-,14+/m0/s1. The van der Waals surface area contributed by atoms with Crippen LogP contribution in [-0.4, -0.2) is 38.4 Å². The Kier molecular flexibility index (Phi) is 3.50. The summed E-state index contributed by atoms with van der Waals surface area (Å²) in [7, 11) is -3.41. The molecule has 0 saturated carbocycles. The van der Waals surface area contributed by atoms with Crippen LogP contribution in [0.5, 0.6) is 0 Å². The molecule has 1 aromatic carbocycles. The van der Waals surface area contributed by atoms with Gasteiger partial charge in [0.1, 0.15) is 0 Å². The van der Waals surface area contributed by atoms with Gasteiger partial charge in [-0.1, -0.05) is 12.1 Å². The second-order valence-corrected chi connectivity index (χ2v) is 7.26. The molecule has 2 aliphatic rings. The number of hydrogen-bond donors (Lipinski definition) is 1. The van der Waals surface area contributed by atoms with Crippen LogP contribution in [0.1, 0.15) is 12.0 Å². The largest absolute Gasteiger partial charge is 0.315 e. The van der Waals surface area contributed by atoms with E-state index in [1.807, 2.05) is 0 Å². The molecule has 5 nitrogen and oxygen atoms in total. The van der Waals surface area contributed by atoms with Crippen molar-refractivity contribution in [2.75, 3.05) is 19.6 Å². The van der Waals surface area contributed by atoms with Crippen LogP contribution in [-0.2, 0) is 16.4 Å². The average molecular weight is 291 g/mol.